The van der Waals surface area contributed by atoms with Crippen LogP contribution in [0.1, 0.15) is 62.3 Å². The van der Waals surface area contributed by atoms with Crippen LogP contribution in [0.4, 0.5) is 0 Å². The molecule has 0 aliphatic rings. The van der Waals surface area contributed by atoms with Gasteiger partial charge in [-0.1, -0.05) is 0 Å². The van der Waals surface area contributed by atoms with Crippen molar-refractivity contribution < 1.29 is 44.3 Å². The first-order valence-corrected chi connectivity index (χ1v) is 18.8. The van der Waals surface area contributed by atoms with Crippen LogP contribution in [0.25, 0.3) is 0 Å². The van der Waals surface area contributed by atoms with E-state index in [4.69, 9.17) is 44.3 Å². The molecule has 0 spiro atoms. The maximum absolute atomic E-state index is 6.59. The van der Waals surface area contributed by atoms with Crippen molar-refractivity contribution in [1.29, 1.82) is 0 Å². The lowest BCUT2D eigenvalue weighted by atomic mass is 10.8. The second-order valence-corrected chi connectivity index (χ2v) is 16.0. The molecule has 14 heteroatoms. The fraction of sp³-hybridized carbons (Fsp3) is 1.00. The molecule has 0 heterocycles. The van der Waals surface area contributed by atoms with E-state index in [9.17, 15) is 0 Å². The summed E-state index contributed by atoms with van der Waals surface area (Å²) in [6, 6.07) is 0.164. The standard InChI is InChI=1S/C20H50O10Si4/c1-10-21-32(22-11-2,23-12-3)19-20(30-31,33(24-13-4,25-14-5)26-15-6)34(27-16-7,28-17-8)29-18-9/h10-19H2,1-9,31H3. The third-order valence-corrected chi connectivity index (χ3v) is 18.8. The smallest absolute Gasteiger partial charge is 0.415 e. The van der Waals surface area contributed by atoms with Crippen molar-refractivity contribution in [3.8, 4) is 0 Å². The van der Waals surface area contributed by atoms with Gasteiger partial charge in [-0.15, -0.1) is 0 Å². The highest BCUT2D eigenvalue weighted by Crippen LogP contribution is 2.45. The van der Waals surface area contributed by atoms with Crippen LogP contribution in [0.5, 0.6) is 0 Å². The fourth-order valence-electron chi connectivity index (χ4n) is 4.06. The van der Waals surface area contributed by atoms with Crippen molar-refractivity contribution >= 4 is 36.9 Å². The second-order valence-electron chi connectivity index (χ2n) is 6.90. The van der Waals surface area contributed by atoms with Crippen molar-refractivity contribution in [2.24, 2.45) is 0 Å². The van der Waals surface area contributed by atoms with Gasteiger partial charge < -0.3 is 44.3 Å². The Balaban J connectivity index is 7.51. The molecule has 0 aromatic heterocycles. The van der Waals surface area contributed by atoms with Crippen LogP contribution in [0.15, 0.2) is 0 Å². The molecule has 0 radical (unpaired) electrons. The van der Waals surface area contributed by atoms with Gasteiger partial charge in [-0.05, 0) is 62.3 Å². The Morgan fingerprint density at radius 3 is 0.853 bits per heavy atom. The summed E-state index contributed by atoms with van der Waals surface area (Å²) in [5.74, 6) is 0. The normalized spacial score (nSPS) is 13.7. The summed E-state index contributed by atoms with van der Waals surface area (Å²) in [5.41, 5.74) is 0. The molecule has 34 heavy (non-hydrogen) atoms. The van der Waals surface area contributed by atoms with E-state index in [1.807, 2.05) is 62.3 Å². The summed E-state index contributed by atoms with van der Waals surface area (Å²) < 4.78 is 64.0. The molecule has 0 bridgehead atoms. The molecule has 0 rings (SSSR count). The Labute approximate surface area is 213 Å². The third-order valence-electron chi connectivity index (χ3n) is 4.90. The summed E-state index contributed by atoms with van der Waals surface area (Å²) in [6.07, 6.45) is 0. The zero-order chi connectivity index (χ0) is 26.1. The Morgan fingerprint density at radius 1 is 0.441 bits per heavy atom. The van der Waals surface area contributed by atoms with Crippen molar-refractivity contribution in [2.75, 3.05) is 59.5 Å². The molecule has 206 valence electrons. The second kappa shape index (κ2) is 17.8. The lowest BCUT2D eigenvalue weighted by Crippen LogP contribution is -2.82. The van der Waals surface area contributed by atoms with Crippen LogP contribution in [0.3, 0.4) is 0 Å². The van der Waals surface area contributed by atoms with Gasteiger partial charge in [0.1, 0.15) is 10.5 Å². The topological polar surface area (TPSA) is 92.3 Å². The summed E-state index contributed by atoms with van der Waals surface area (Å²) in [7, 11) is -10.5. The molecule has 0 aromatic carbocycles. The SMILES string of the molecule is CCO[Si](CC(O[SiH3])([Si](OCC)(OCC)OCC)[Si](OCC)(OCC)OCC)(OCC)OCC. The maximum Gasteiger partial charge on any atom is 0.538 e. The lowest BCUT2D eigenvalue weighted by Gasteiger charge is -2.52. The molecule has 0 aliphatic heterocycles. The van der Waals surface area contributed by atoms with Crippen LogP contribution >= 0.6 is 0 Å². The monoisotopic (exact) mass is 562 g/mol. The zero-order valence-electron chi connectivity index (χ0n) is 23.2. The molecule has 0 saturated carbocycles. The third kappa shape index (κ3) is 7.98. The highest BCUT2D eigenvalue weighted by Gasteiger charge is 2.81. The van der Waals surface area contributed by atoms with Gasteiger partial charge in [0.2, 0.25) is 0 Å². The Hall–Kier alpha value is 0.468. The minimum Gasteiger partial charge on any atom is -0.415 e. The molecular weight excluding hydrogens is 513 g/mol. The minimum absolute atomic E-state index is 0.164. The van der Waals surface area contributed by atoms with Crippen LogP contribution in [-0.2, 0) is 44.3 Å². The van der Waals surface area contributed by atoms with Crippen molar-refractivity contribution in [2.45, 2.75) is 73.2 Å². The molecule has 0 unspecified atom stereocenters. The van der Waals surface area contributed by atoms with Crippen molar-refractivity contribution in [3.63, 3.8) is 0 Å². The van der Waals surface area contributed by atoms with E-state index in [1.54, 1.807) is 0 Å². The first-order valence-electron chi connectivity index (χ1n) is 12.6. The van der Waals surface area contributed by atoms with Gasteiger partial charge >= 0.3 is 26.4 Å². The predicted octanol–water partition coefficient (Wildman–Crippen LogP) is 2.25. The molecule has 0 saturated heterocycles. The largest absolute Gasteiger partial charge is 0.538 e. The molecule has 0 aliphatic carbocycles. The quantitative estimate of drug-likeness (QED) is 0.173. The zero-order valence-corrected chi connectivity index (χ0v) is 28.2. The fourth-order valence-corrected chi connectivity index (χ4v) is 19.1. The molecular formula is C20H50O10Si4. The van der Waals surface area contributed by atoms with E-state index in [0.717, 1.165) is 0 Å². The Kier molecular flexibility index (Phi) is 18.1. The van der Waals surface area contributed by atoms with Crippen LogP contribution in [0, 0.1) is 0 Å². The average Bonchev–Trinajstić information content (AvgIpc) is 2.79. The lowest BCUT2D eigenvalue weighted by molar-refractivity contribution is -0.0429. The van der Waals surface area contributed by atoms with E-state index >= 15 is 0 Å². The molecule has 0 amide bonds. The van der Waals surface area contributed by atoms with E-state index in [1.165, 1.54) is 0 Å². The van der Waals surface area contributed by atoms with E-state index < -0.39 is 31.3 Å². The first kappa shape index (κ1) is 34.5. The molecule has 10 nitrogen and oxygen atoms in total. The summed E-state index contributed by atoms with van der Waals surface area (Å²) in [5, 5.41) is 0. The van der Waals surface area contributed by atoms with Gasteiger partial charge in [0.25, 0.3) is 0 Å². The summed E-state index contributed by atoms with van der Waals surface area (Å²) >= 11 is 0. The molecule has 0 atom stereocenters. The molecule has 0 fully saturated rings. The van der Waals surface area contributed by atoms with Gasteiger partial charge in [0.05, 0.1) is 6.04 Å². The maximum atomic E-state index is 6.59. The van der Waals surface area contributed by atoms with Gasteiger partial charge in [0.15, 0.2) is 4.85 Å². The average molecular weight is 563 g/mol. The number of hydrogen-bond acceptors (Lipinski definition) is 10. The van der Waals surface area contributed by atoms with E-state index in [-0.39, 0.29) is 6.04 Å². The van der Waals surface area contributed by atoms with Gasteiger partial charge in [-0.25, -0.2) is 0 Å². The van der Waals surface area contributed by atoms with Gasteiger partial charge in [0, 0.05) is 59.5 Å². The number of rotatable bonds is 23. The van der Waals surface area contributed by atoms with Gasteiger partial charge in [-0.3, -0.25) is 0 Å². The molecule has 0 aromatic rings. The minimum atomic E-state index is -3.73. The van der Waals surface area contributed by atoms with Crippen LogP contribution in [0.2, 0.25) is 6.04 Å². The highest BCUT2D eigenvalue weighted by atomic mass is 28.5. The van der Waals surface area contributed by atoms with Crippen LogP contribution in [-0.4, -0.2) is 101 Å². The summed E-state index contributed by atoms with van der Waals surface area (Å²) in [6.45, 7) is 20.5. The van der Waals surface area contributed by atoms with Gasteiger partial charge in [-0.2, -0.15) is 0 Å². The predicted molar refractivity (Wildman–Crippen MR) is 140 cm³/mol. The first-order chi connectivity index (χ1) is 16.3. The Bertz CT molecular complexity index is 441. The Morgan fingerprint density at radius 2 is 0.676 bits per heavy atom. The van der Waals surface area contributed by atoms with Crippen molar-refractivity contribution in [1.82, 2.24) is 0 Å². The van der Waals surface area contributed by atoms with Crippen molar-refractivity contribution in [3.05, 3.63) is 0 Å². The number of hydrogen-bond donors (Lipinski definition) is 0. The molecule has 0 N–H and O–H groups in total. The highest BCUT2D eigenvalue weighted by molar-refractivity contribution is 6.87. The van der Waals surface area contributed by atoms with E-state index in [0.29, 0.717) is 69.9 Å². The summed E-state index contributed by atoms with van der Waals surface area (Å²) in [4.78, 5) is -1.35. The van der Waals surface area contributed by atoms with E-state index in [2.05, 4.69) is 0 Å². The van der Waals surface area contributed by atoms with Crippen LogP contribution < -0.4 is 0 Å².